The summed E-state index contributed by atoms with van der Waals surface area (Å²) >= 11 is 4.91. The largest absolute Gasteiger partial charge is 0.390 e. The summed E-state index contributed by atoms with van der Waals surface area (Å²) in [5.41, 5.74) is 8.83. The molecular formula is C10H10N2S. The van der Waals surface area contributed by atoms with Gasteiger partial charge in [-0.15, -0.1) is 0 Å². The summed E-state index contributed by atoms with van der Waals surface area (Å²) in [6, 6.07) is 8.09. The highest BCUT2D eigenvalue weighted by molar-refractivity contribution is 7.80. The van der Waals surface area contributed by atoms with Crippen molar-refractivity contribution in [1.29, 1.82) is 0 Å². The van der Waals surface area contributed by atoms with Crippen LogP contribution in [0.5, 0.6) is 0 Å². The fourth-order valence-corrected chi connectivity index (χ4v) is 1.50. The van der Waals surface area contributed by atoms with Gasteiger partial charge in [0, 0.05) is 17.8 Å². The normalized spacial score (nSPS) is 14.0. The Kier molecular flexibility index (Phi) is 2.02. The quantitative estimate of drug-likeness (QED) is 0.663. The minimum atomic E-state index is 0.474. The number of nitrogens with one attached hydrogen (secondary N) is 1. The number of hydrogen-bond acceptors (Lipinski definition) is 2. The van der Waals surface area contributed by atoms with Gasteiger partial charge in [0.15, 0.2) is 0 Å². The third-order valence-electron chi connectivity index (χ3n) is 2.08. The van der Waals surface area contributed by atoms with Crippen LogP contribution in [0.3, 0.4) is 0 Å². The zero-order chi connectivity index (χ0) is 9.26. The van der Waals surface area contributed by atoms with E-state index in [9.17, 15) is 0 Å². The van der Waals surface area contributed by atoms with E-state index in [1.165, 1.54) is 0 Å². The molecule has 2 nitrogen and oxygen atoms in total. The number of hydrogen-bond donors (Lipinski definition) is 2. The van der Waals surface area contributed by atoms with Gasteiger partial charge in [-0.1, -0.05) is 30.4 Å². The van der Waals surface area contributed by atoms with Crippen molar-refractivity contribution in [3.63, 3.8) is 0 Å². The second-order valence-corrected chi connectivity index (χ2v) is 3.41. The second kappa shape index (κ2) is 3.18. The first kappa shape index (κ1) is 8.26. The van der Waals surface area contributed by atoms with Gasteiger partial charge in [-0.2, -0.15) is 0 Å². The molecule has 1 aliphatic rings. The maximum Gasteiger partial charge on any atom is 0.101 e. The number of para-hydroxylation sites is 1. The summed E-state index contributed by atoms with van der Waals surface area (Å²) in [4.78, 5) is 0.474. The number of fused-ring (bicyclic) bond motifs is 1. The topological polar surface area (TPSA) is 38.0 Å². The molecule has 0 fully saturated rings. The van der Waals surface area contributed by atoms with E-state index in [1.54, 1.807) is 0 Å². The highest BCUT2D eigenvalue weighted by Crippen LogP contribution is 2.22. The van der Waals surface area contributed by atoms with Crippen molar-refractivity contribution in [3.05, 3.63) is 35.4 Å². The van der Waals surface area contributed by atoms with Crippen molar-refractivity contribution in [3.8, 4) is 0 Å². The van der Waals surface area contributed by atoms with Crippen LogP contribution < -0.4 is 11.1 Å². The van der Waals surface area contributed by atoms with Crippen LogP contribution in [0.2, 0.25) is 0 Å². The van der Waals surface area contributed by atoms with Crippen LogP contribution in [-0.2, 0) is 0 Å². The average molecular weight is 190 g/mol. The highest BCUT2D eigenvalue weighted by Gasteiger charge is 2.09. The lowest BCUT2D eigenvalue weighted by molar-refractivity contribution is 1.26. The van der Waals surface area contributed by atoms with Crippen LogP contribution in [0.15, 0.2) is 29.8 Å². The van der Waals surface area contributed by atoms with Gasteiger partial charge in [-0.25, -0.2) is 0 Å². The summed E-state index contributed by atoms with van der Waals surface area (Å²) in [7, 11) is 0. The fourth-order valence-electron chi connectivity index (χ4n) is 1.37. The summed E-state index contributed by atoms with van der Waals surface area (Å²) in [6.45, 7) is 0.729. The molecule has 1 heterocycles. The molecule has 1 aromatic carbocycles. The van der Waals surface area contributed by atoms with E-state index in [4.69, 9.17) is 18.0 Å². The maximum atomic E-state index is 5.55. The first-order chi connectivity index (χ1) is 6.27. The number of anilines is 1. The van der Waals surface area contributed by atoms with E-state index in [1.807, 2.05) is 30.3 Å². The van der Waals surface area contributed by atoms with Gasteiger partial charge in [0.2, 0.25) is 0 Å². The average Bonchev–Trinajstić information content (AvgIpc) is 2.17. The molecule has 0 amide bonds. The Morgan fingerprint density at radius 2 is 2.15 bits per heavy atom. The van der Waals surface area contributed by atoms with Gasteiger partial charge in [-0.05, 0) is 17.7 Å². The lowest BCUT2D eigenvalue weighted by Gasteiger charge is -2.17. The van der Waals surface area contributed by atoms with E-state index >= 15 is 0 Å². The number of benzene rings is 1. The van der Waals surface area contributed by atoms with Crippen LogP contribution >= 0.6 is 12.2 Å². The van der Waals surface area contributed by atoms with Crippen molar-refractivity contribution in [1.82, 2.24) is 0 Å². The molecule has 0 aromatic heterocycles. The minimum absolute atomic E-state index is 0.474. The predicted molar refractivity (Wildman–Crippen MR) is 59.7 cm³/mol. The monoisotopic (exact) mass is 190 g/mol. The Labute approximate surface area is 82.4 Å². The molecule has 0 saturated heterocycles. The van der Waals surface area contributed by atoms with Gasteiger partial charge < -0.3 is 11.1 Å². The molecule has 0 radical (unpaired) electrons. The molecule has 0 atom stereocenters. The van der Waals surface area contributed by atoms with E-state index in [-0.39, 0.29) is 0 Å². The van der Waals surface area contributed by atoms with Gasteiger partial charge in [0.05, 0.1) is 0 Å². The van der Waals surface area contributed by atoms with Gasteiger partial charge >= 0.3 is 0 Å². The van der Waals surface area contributed by atoms with Gasteiger partial charge in [-0.3, -0.25) is 0 Å². The first-order valence-corrected chi connectivity index (χ1v) is 4.51. The Bertz CT molecular complexity index is 382. The Morgan fingerprint density at radius 1 is 1.38 bits per heavy atom. The fraction of sp³-hybridized carbons (Fsp3) is 0.100. The zero-order valence-electron chi connectivity index (χ0n) is 7.08. The maximum absolute atomic E-state index is 5.55. The standard InChI is InChI=1S/C10H10N2S/c11-10(13)8-5-7-3-1-2-4-9(7)12-6-8/h1-5,12H,6H2,(H2,11,13). The van der Waals surface area contributed by atoms with E-state index in [0.717, 1.165) is 23.4 Å². The third kappa shape index (κ3) is 1.55. The van der Waals surface area contributed by atoms with Crippen molar-refractivity contribution >= 4 is 29.0 Å². The van der Waals surface area contributed by atoms with Crippen molar-refractivity contribution in [2.45, 2.75) is 0 Å². The molecule has 1 aromatic rings. The first-order valence-electron chi connectivity index (χ1n) is 4.10. The van der Waals surface area contributed by atoms with Crippen LogP contribution in [0.1, 0.15) is 5.56 Å². The third-order valence-corrected chi connectivity index (χ3v) is 2.34. The Hall–Kier alpha value is -1.35. The minimum Gasteiger partial charge on any atom is -0.390 e. The van der Waals surface area contributed by atoms with Crippen molar-refractivity contribution in [2.24, 2.45) is 5.73 Å². The predicted octanol–water partition coefficient (Wildman–Crippen LogP) is 1.78. The molecule has 0 unspecified atom stereocenters. The number of nitrogens with two attached hydrogens (primary N) is 1. The van der Waals surface area contributed by atoms with Crippen LogP contribution in [0, 0.1) is 0 Å². The molecule has 0 saturated carbocycles. The van der Waals surface area contributed by atoms with Crippen LogP contribution in [0.4, 0.5) is 5.69 Å². The number of rotatable bonds is 1. The molecule has 0 aliphatic carbocycles. The molecule has 66 valence electrons. The van der Waals surface area contributed by atoms with E-state index in [2.05, 4.69) is 5.32 Å². The van der Waals surface area contributed by atoms with Crippen LogP contribution in [0.25, 0.3) is 6.08 Å². The number of thiocarbonyl (C=S) groups is 1. The lowest BCUT2D eigenvalue weighted by Crippen LogP contribution is -2.21. The summed E-state index contributed by atoms with van der Waals surface area (Å²) < 4.78 is 0. The lowest BCUT2D eigenvalue weighted by atomic mass is 10.0. The van der Waals surface area contributed by atoms with Gasteiger partial charge in [0.25, 0.3) is 0 Å². The summed E-state index contributed by atoms with van der Waals surface area (Å²) in [5, 5.41) is 3.26. The Balaban J connectivity index is 2.44. The molecule has 0 bridgehead atoms. The van der Waals surface area contributed by atoms with Crippen molar-refractivity contribution in [2.75, 3.05) is 11.9 Å². The molecule has 13 heavy (non-hydrogen) atoms. The molecule has 3 N–H and O–H groups in total. The molecule has 3 heteroatoms. The zero-order valence-corrected chi connectivity index (χ0v) is 7.90. The SMILES string of the molecule is NC(=S)C1=Cc2ccccc2NC1. The summed E-state index contributed by atoms with van der Waals surface area (Å²) in [5.74, 6) is 0. The second-order valence-electron chi connectivity index (χ2n) is 2.97. The van der Waals surface area contributed by atoms with Crippen molar-refractivity contribution < 1.29 is 0 Å². The summed E-state index contributed by atoms with van der Waals surface area (Å²) in [6.07, 6.45) is 2.04. The van der Waals surface area contributed by atoms with Crippen LogP contribution in [-0.4, -0.2) is 11.5 Å². The van der Waals surface area contributed by atoms with E-state index in [0.29, 0.717) is 4.99 Å². The smallest absolute Gasteiger partial charge is 0.101 e. The molecule has 2 rings (SSSR count). The highest BCUT2D eigenvalue weighted by atomic mass is 32.1. The molecular weight excluding hydrogens is 180 g/mol. The Morgan fingerprint density at radius 3 is 2.92 bits per heavy atom. The van der Waals surface area contributed by atoms with E-state index < -0.39 is 0 Å². The molecule has 1 aliphatic heterocycles. The molecule has 0 spiro atoms. The van der Waals surface area contributed by atoms with Gasteiger partial charge in [0.1, 0.15) is 4.99 Å².